The Bertz CT molecular complexity index is 1180. The third-order valence-corrected chi connectivity index (χ3v) is 4.65. The first-order chi connectivity index (χ1) is 13.2. The number of para-hydroxylation sites is 1. The molecular formula is C22H14N2O3. The van der Waals surface area contributed by atoms with E-state index in [2.05, 4.69) is 4.98 Å². The topological polar surface area (TPSA) is 62.4 Å². The summed E-state index contributed by atoms with van der Waals surface area (Å²) in [5.74, 6) is 0.719. The van der Waals surface area contributed by atoms with Gasteiger partial charge in [0.25, 0.3) is 11.8 Å². The van der Waals surface area contributed by atoms with E-state index in [0.29, 0.717) is 28.1 Å². The quantitative estimate of drug-likeness (QED) is 0.540. The average Bonchev–Trinajstić information content (AvgIpc) is 3.26. The lowest BCUT2D eigenvalue weighted by molar-refractivity contribution is 0.0926. The standard InChI is InChI=1S/C22H14N2O3/c25-21-18-11-6-14-12-13-23-20(14)19(18)22(26)24(21)15-7-9-17(10-8-15)27-16-4-2-1-3-5-16/h1-13,23H. The van der Waals surface area contributed by atoms with Crippen molar-refractivity contribution >= 4 is 28.4 Å². The Labute approximate surface area is 154 Å². The van der Waals surface area contributed by atoms with Gasteiger partial charge >= 0.3 is 0 Å². The Morgan fingerprint density at radius 3 is 2.26 bits per heavy atom. The van der Waals surface area contributed by atoms with Gasteiger partial charge in [0.15, 0.2) is 0 Å². The summed E-state index contributed by atoms with van der Waals surface area (Å²) in [6.45, 7) is 0. The summed E-state index contributed by atoms with van der Waals surface area (Å²) in [5.41, 5.74) is 2.05. The fourth-order valence-electron chi connectivity index (χ4n) is 3.38. The van der Waals surface area contributed by atoms with Crippen LogP contribution in [-0.2, 0) is 0 Å². The lowest BCUT2D eigenvalue weighted by atomic mass is 10.1. The van der Waals surface area contributed by atoms with E-state index < -0.39 is 0 Å². The molecule has 2 heterocycles. The molecule has 27 heavy (non-hydrogen) atoms. The average molecular weight is 354 g/mol. The first-order valence-electron chi connectivity index (χ1n) is 8.54. The summed E-state index contributed by atoms with van der Waals surface area (Å²) in [4.78, 5) is 30.0. The minimum atomic E-state index is -0.320. The predicted octanol–water partition coefficient (Wildman–Crippen LogP) is 4.76. The first kappa shape index (κ1) is 15.4. The number of carbonyl (C=O) groups is 2. The summed E-state index contributed by atoms with van der Waals surface area (Å²) < 4.78 is 5.77. The van der Waals surface area contributed by atoms with Crippen molar-refractivity contribution in [3.8, 4) is 11.5 Å². The van der Waals surface area contributed by atoms with Gasteiger partial charge in [-0.1, -0.05) is 24.3 Å². The van der Waals surface area contributed by atoms with Crippen LogP contribution in [0.3, 0.4) is 0 Å². The zero-order chi connectivity index (χ0) is 18.4. The third kappa shape index (κ3) is 2.40. The van der Waals surface area contributed by atoms with E-state index in [-0.39, 0.29) is 11.8 Å². The SMILES string of the molecule is O=C1c2ccc3cc[nH]c3c2C(=O)N1c1ccc(Oc2ccccc2)cc1. The second-order valence-corrected chi connectivity index (χ2v) is 6.28. The molecule has 0 bridgehead atoms. The Balaban J connectivity index is 1.48. The van der Waals surface area contributed by atoms with E-state index >= 15 is 0 Å². The maximum atomic E-state index is 12.9. The van der Waals surface area contributed by atoms with Gasteiger partial charge in [-0.05, 0) is 48.5 Å². The van der Waals surface area contributed by atoms with Crippen LogP contribution in [0, 0.1) is 0 Å². The zero-order valence-corrected chi connectivity index (χ0v) is 14.2. The number of hydrogen-bond donors (Lipinski definition) is 1. The zero-order valence-electron chi connectivity index (χ0n) is 14.2. The first-order valence-corrected chi connectivity index (χ1v) is 8.54. The number of amides is 2. The molecule has 0 unspecified atom stereocenters. The maximum Gasteiger partial charge on any atom is 0.268 e. The van der Waals surface area contributed by atoms with Gasteiger partial charge in [-0.3, -0.25) is 9.59 Å². The van der Waals surface area contributed by atoms with Crippen molar-refractivity contribution in [3.05, 3.63) is 90.1 Å². The molecule has 1 N–H and O–H groups in total. The van der Waals surface area contributed by atoms with Gasteiger partial charge in [0.2, 0.25) is 0 Å². The molecule has 0 saturated carbocycles. The Morgan fingerprint density at radius 1 is 0.741 bits per heavy atom. The number of benzene rings is 3. The van der Waals surface area contributed by atoms with Gasteiger partial charge in [-0.15, -0.1) is 0 Å². The van der Waals surface area contributed by atoms with Crippen molar-refractivity contribution < 1.29 is 14.3 Å². The van der Waals surface area contributed by atoms with Crippen LogP contribution in [0.5, 0.6) is 11.5 Å². The summed E-state index contributed by atoms with van der Waals surface area (Å²) in [7, 11) is 0. The molecule has 0 radical (unpaired) electrons. The van der Waals surface area contributed by atoms with Crippen LogP contribution < -0.4 is 9.64 Å². The number of imide groups is 1. The molecule has 0 saturated heterocycles. The maximum absolute atomic E-state index is 12.9. The minimum Gasteiger partial charge on any atom is -0.457 e. The van der Waals surface area contributed by atoms with Crippen molar-refractivity contribution in [1.29, 1.82) is 0 Å². The second-order valence-electron chi connectivity index (χ2n) is 6.28. The Hall–Kier alpha value is -3.86. The van der Waals surface area contributed by atoms with E-state index in [0.717, 1.165) is 11.1 Å². The molecule has 3 aromatic carbocycles. The largest absolute Gasteiger partial charge is 0.457 e. The summed E-state index contributed by atoms with van der Waals surface area (Å²) in [6.07, 6.45) is 1.76. The normalized spacial score (nSPS) is 13.3. The van der Waals surface area contributed by atoms with E-state index in [1.807, 2.05) is 42.5 Å². The molecule has 1 aromatic heterocycles. The number of rotatable bonds is 3. The fourth-order valence-corrected chi connectivity index (χ4v) is 3.38. The number of H-pyrrole nitrogens is 1. The molecule has 2 amide bonds. The van der Waals surface area contributed by atoms with Crippen molar-refractivity contribution in [3.63, 3.8) is 0 Å². The van der Waals surface area contributed by atoms with Gasteiger partial charge in [-0.25, -0.2) is 4.90 Å². The summed E-state index contributed by atoms with van der Waals surface area (Å²) in [5, 5.41) is 0.906. The molecule has 1 aliphatic rings. The van der Waals surface area contributed by atoms with Crippen LogP contribution in [0.25, 0.3) is 10.9 Å². The van der Waals surface area contributed by atoms with Crippen molar-refractivity contribution in [2.24, 2.45) is 0 Å². The van der Waals surface area contributed by atoms with E-state index in [1.54, 1.807) is 36.5 Å². The summed E-state index contributed by atoms with van der Waals surface area (Å²) in [6, 6.07) is 21.8. The predicted molar refractivity (Wildman–Crippen MR) is 102 cm³/mol. The number of ether oxygens (including phenoxy) is 1. The minimum absolute atomic E-state index is 0.316. The highest BCUT2D eigenvalue weighted by Crippen LogP contribution is 2.33. The van der Waals surface area contributed by atoms with Crippen LogP contribution in [0.2, 0.25) is 0 Å². The van der Waals surface area contributed by atoms with E-state index in [9.17, 15) is 9.59 Å². The molecule has 0 fully saturated rings. The number of aromatic amines is 1. The molecule has 5 heteroatoms. The van der Waals surface area contributed by atoms with Gasteiger partial charge in [-0.2, -0.15) is 0 Å². The molecule has 130 valence electrons. The molecule has 0 spiro atoms. The van der Waals surface area contributed by atoms with Crippen LogP contribution >= 0.6 is 0 Å². The Morgan fingerprint density at radius 2 is 1.48 bits per heavy atom. The second kappa shape index (κ2) is 5.85. The molecule has 0 aliphatic carbocycles. The van der Waals surface area contributed by atoms with Gasteiger partial charge in [0.05, 0.1) is 22.3 Å². The highest BCUT2D eigenvalue weighted by atomic mass is 16.5. The number of carbonyl (C=O) groups excluding carboxylic acids is 2. The third-order valence-electron chi connectivity index (χ3n) is 4.65. The molecule has 4 aromatic rings. The van der Waals surface area contributed by atoms with Crippen molar-refractivity contribution in [2.75, 3.05) is 4.90 Å². The molecule has 5 rings (SSSR count). The highest BCUT2D eigenvalue weighted by molar-refractivity contribution is 6.37. The van der Waals surface area contributed by atoms with Crippen LogP contribution in [-0.4, -0.2) is 16.8 Å². The number of anilines is 1. The molecular weight excluding hydrogens is 340 g/mol. The van der Waals surface area contributed by atoms with E-state index in [1.165, 1.54) is 4.90 Å². The van der Waals surface area contributed by atoms with Crippen LogP contribution in [0.4, 0.5) is 5.69 Å². The molecule has 5 nitrogen and oxygen atoms in total. The van der Waals surface area contributed by atoms with Crippen molar-refractivity contribution in [1.82, 2.24) is 4.98 Å². The number of aromatic nitrogens is 1. The lowest BCUT2D eigenvalue weighted by Gasteiger charge is -2.14. The van der Waals surface area contributed by atoms with Crippen LogP contribution in [0.1, 0.15) is 20.7 Å². The number of fused-ring (bicyclic) bond motifs is 3. The lowest BCUT2D eigenvalue weighted by Crippen LogP contribution is -2.29. The molecule has 0 atom stereocenters. The van der Waals surface area contributed by atoms with Gasteiger partial charge in [0, 0.05) is 11.6 Å². The highest BCUT2D eigenvalue weighted by Gasteiger charge is 2.38. The Kier molecular flexibility index (Phi) is 3.33. The number of hydrogen-bond acceptors (Lipinski definition) is 3. The molecule has 1 aliphatic heterocycles. The number of nitrogens with one attached hydrogen (secondary N) is 1. The van der Waals surface area contributed by atoms with Crippen molar-refractivity contribution in [2.45, 2.75) is 0 Å². The van der Waals surface area contributed by atoms with Crippen LogP contribution in [0.15, 0.2) is 79.0 Å². The number of nitrogens with zero attached hydrogens (tertiary/aromatic N) is 1. The smallest absolute Gasteiger partial charge is 0.268 e. The van der Waals surface area contributed by atoms with E-state index in [4.69, 9.17) is 4.74 Å². The summed E-state index contributed by atoms with van der Waals surface area (Å²) >= 11 is 0. The fraction of sp³-hybridized carbons (Fsp3) is 0. The van der Waals surface area contributed by atoms with Gasteiger partial charge in [0.1, 0.15) is 11.5 Å². The van der Waals surface area contributed by atoms with Gasteiger partial charge < -0.3 is 9.72 Å². The monoisotopic (exact) mass is 354 g/mol.